The molecule has 314 valence electrons. The fraction of sp³-hybridized carbons (Fsp3) is 0.907. The van der Waals surface area contributed by atoms with Gasteiger partial charge in [-0.05, 0) is 105 Å². The molecule has 0 N–H and O–H groups in total. The predicted octanol–water partition coefficient (Wildman–Crippen LogP) is 7.19. The van der Waals surface area contributed by atoms with Crippen molar-refractivity contribution in [2.45, 2.75) is 225 Å². The lowest BCUT2D eigenvalue weighted by Gasteiger charge is -2.27. The number of carbonyl (C=O) groups is 4. The highest BCUT2D eigenvalue weighted by atomic mass is 16.6. The third-order valence-electron chi connectivity index (χ3n) is 13.0. The standard InChI is InChI=1S/C43H70O12/c1-9-29-21-33-13-17-36(50-33)25(5)40(44)48-24(4)20-32-12-16-37(49-32)26(6)41(45)53-30(10-2)22-34-14-18-39(51-34)28(8)43(47)55-31(11-3)23-35-15-19-38(52-35)27(7)42(46)54-29/h24-39H,9-23H2,1-8H3/t24-,25-,26+,27+,28-,29+,30+,31-,32-,33+,34+,35-,36-,37+,38+,39-/m0/s1. The molecular weight excluding hydrogens is 708 g/mol. The van der Waals surface area contributed by atoms with Crippen molar-refractivity contribution in [1.82, 2.24) is 0 Å². The smallest absolute Gasteiger partial charge is 0.311 e. The minimum atomic E-state index is -0.435. The maximum Gasteiger partial charge on any atom is 0.311 e. The van der Waals surface area contributed by atoms with Crippen LogP contribution in [0.15, 0.2) is 0 Å². The van der Waals surface area contributed by atoms with E-state index in [0.717, 1.165) is 51.4 Å². The van der Waals surface area contributed by atoms with Crippen molar-refractivity contribution < 1.29 is 57.1 Å². The van der Waals surface area contributed by atoms with Crippen molar-refractivity contribution >= 4 is 23.9 Å². The van der Waals surface area contributed by atoms with E-state index in [9.17, 15) is 19.2 Å². The average molecular weight is 779 g/mol. The lowest BCUT2D eigenvalue weighted by atomic mass is 9.99. The number of hydrogen-bond acceptors (Lipinski definition) is 12. The zero-order valence-electron chi connectivity index (χ0n) is 34.7. The molecule has 5 fully saturated rings. The monoisotopic (exact) mass is 778 g/mol. The summed E-state index contributed by atoms with van der Waals surface area (Å²) in [6, 6.07) is 0. The topological polar surface area (TPSA) is 142 Å². The molecule has 0 unspecified atom stereocenters. The SMILES string of the molecule is CC[C@H]1C[C@@H]2CC[C@@H](O2)[C@@H](C)C(=O)O[C@H](CC)C[C@H]2CC[C@H](O2)[C@H](C)C(=O)O[C@@H](C)C[C@@H]2CC[C@@H](O2)[C@@H](C)C(=O)O[C@H](CC)C[C@H]2CC[C@H](O2)[C@H](C)C(=O)O1. The Bertz CT molecular complexity index is 1270. The second-order valence-corrected chi connectivity index (χ2v) is 17.2. The van der Waals surface area contributed by atoms with Gasteiger partial charge in [0, 0.05) is 25.7 Å². The Balaban J connectivity index is 1.23. The van der Waals surface area contributed by atoms with Crippen molar-refractivity contribution in [2.24, 2.45) is 23.7 Å². The summed E-state index contributed by atoms with van der Waals surface area (Å²) in [6.07, 6.45) is 7.47. The fourth-order valence-electron chi connectivity index (χ4n) is 9.02. The molecule has 0 aromatic rings. The van der Waals surface area contributed by atoms with Gasteiger partial charge in [-0.3, -0.25) is 19.2 Å². The first-order chi connectivity index (χ1) is 26.3. The predicted molar refractivity (Wildman–Crippen MR) is 203 cm³/mol. The molecule has 0 spiro atoms. The number of hydrogen-bond donors (Lipinski definition) is 0. The normalized spacial score (nSPS) is 43.4. The molecule has 5 rings (SSSR count). The summed E-state index contributed by atoms with van der Waals surface area (Å²) in [6.45, 7) is 15.3. The highest BCUT2D eigenvalue weighted by Gasteiger charge is 2.41. The maximum atomic E-state index is 13.4. The summed E-state index contributed by atoms with van der Waals surface area (Å²) in [7, 11) is 0. The van der Waals surface area contributed by atoms with Crippen LogP contribution in [0.5, 0.6) is 0 Å². The van der Waals surface area contributed by atoms with E-state index in [4.69, 9.17) is 37.9 Å². The van der Waals surface area contributed by atoms with E-state index in [1.165, 1.54) is 0 Å². The molecule has 0 aromatic heterocycles. The zero-order valence-corrected chi connectivity index (χ0v) is 34.7. The van der Waals surface area contributed by atoms with E-state index in [0.29, 0.717) is 44.9 Å². The summed E-state index contributed by atoms with van der Waals surface area (Å²) >= 11 is 0. The van der Waals surface area contributed by atoms with Gasteiger partial charge >= 0.3 is 23.9 Å². The first kappa shape index (κ1) is 43.8. The molecule has 5 aliphatic rings. The quantitative estimate of drug-likeness (QED) is 0.211. The Morgan fingerprint density at radius 2 is 0.636 bits per heavy atom. The molecule has 0 radical (unpaired) electrons. The van der Waals surface area contributed by atoms with E-state index >= 15 is 0 Å². The van der Waals surface area contributed by atoms with E-state index in [1.54, 1.807) is 0 Å². The van der Waals surface area contributed by atoms with Gasteiger partial charge in [0.15, 0.2) is 0 Å². The van der Waals surface area contributed by atoms with Gasteiger partial charge in [0.05, 0.1) is 72.5 Å². The highest BCUT2D eigenvalue weighted by molar-refractivity contribution is 5.74. The lowest BCUT2D eigenvalue weighted by Crippen LogP contribution is -2.34. The Morgan fingerprint density at radius 1 is 0.382 bits per heavy atom. The summed E-state index contributed by atoms with van der Waals surface area (Å²) < 4.78 is 49.3. The molecule has 5 saturated heterocycles. The van der Waals surface area contributed by atoms with Crippen LogP contribution in [0.1, 0.15) is 152 Å². The second-order valence-electron chi connectivity index (χ2n) is 17.2. The van der Waals surface area contributed by atoms with E-state index in [1.807, 2.05) is 55.4 Å². The van der Waals surface area contributed by atoms with Crippen LogP contribution in [-0.4, -0.2) is 97.1 Å². The first-order valence-corrected chi connectivity index (χ1v) is 21.7. The molecule has 5 aliphatic heterocycles. The third kappa shape index (κ3) is 11.9. The number of carbonyl (C=O) groups excluding carboxylic acids is 4. The third-order valence-corrected chi connectivity index (χ3v) is 13.0. The summed E-state index contributed by atoms with van der Waals surface area (Å²) in [5, 5.41) is 0. The van der Waals surface area contributed by atoms with Gasteiger partial charge in [-0.15, -0.1) is 0 Å². The van der Waals surface area contributed by atoms with Crippen LogP contribution in [0, 0.1) is 23.7 Å². The molecule has 12 heteroatoms. The lowest BCUT2D eigenvalue weighted by molar-refractivity contribution is -0.162. The van der Waals surface area contributed by atoms with Gasteiger partial charge in [-0.1, -0.05) is 20.8 Å². The molecule has 5 heterocycles. The van der Waals surface area contributed by atoms with Crippen molar-refractivity contribution in [3.05, 3.63) is 0 Å². The number of ether oxygens (including phenoxy) is 8. The highest BCUT2D eigenvalue weighted by Crippen LogP contribution is 2.35. The van der Waals surface area contributed by atoms with Crippen LogP contribution < -0.4 is 0 Å². The first-order valence-electron chi connectivity index (χ1n) is 21.7. The van der Waals surface area contributed by atoms with Crippen LogP contribution in [0.4, 0.5) is 0 Å². The minimum absolute atomic E-state index is 0.116. The molecule has 0 aromatic carbocycles. The van der Waals surface area contributed by atoms with Gasteiger partial charge in [-0.2, -0.15) is 0 Å². The Morgan fingerprint density at radius 3 is 0.909 bits per heavy atom. The van der Waals surface area contributed by atoms with E-state index in [-0.39, 0.29) is 97.1 Å². The van der Waals surface area contributed by atoms with Gasteiger partial charge in [0.1, 0.15) is 24.4 Å². The van der Waals surface area contributed by atoms with Gasteiger partial charge < -0.3 is 37.9 Å². The molecule has 16 atom stereocenters. The Hall–Kier alpha value is -2.28. The van der Waals surface area contributed by atoms with Crippen molar-refractivity contribution in [3.8, 4) is 0 Å². The Labute approximate surface area is 329 Å². The van der Waals surface area contributed by atoms with Crippen LogP contribution >= 0.6 is 0 Å². The van der Waals surface area contributed by atoms with Crippen molar-refractivity contribution in [2.75, 3.05) is 0 Å². The molecule has 0 saturated carbocycles. The van der Waals surface area contributed by atoms with Crippen LogP contribution in [0.3, 0.4) is 0 Å². The molecule has 0 amide bonds. The zero-order chi connectivity index (χ0) is 39.8. The molecule has 0 aliphatic carbocycles. The summed E-state index contributed by atoms with van der Waals surface area (Å²) in [5.41, 5.74) is 0. The molecule has 12 nitrogen and oxygen atoms in total. The minimum Gasteiger partial charge on any atom is -0.462 e. The number of cyclic esters (lactones) is 4. The number of esters is 4. The van der Waals surface area contributed by atoms with Gasteiger partial charge in [0.2, 0.25) is 0 Å². The number of fused-ring (bicyclic) bond motifs is 8. The number of rotatable bonds is 3. The van der Waals surface area contributed by atoms with Crippen molar-refractivity contribution in [3.63, 3.8) is 0 Å². The van der Waals surface area contributed by atoms with Gasteiger partial charge in [-0.25, -0.2) is 0 Å². The van der Waals surface area contributed by atoms with Crippen LogP contribution in [-0.2, 0) is 57.1 Å². The average Bonchev–Trinajstić information content (AvgIpc) is 4.01. The van der Waals surface area contributed by atoms with Gasteiger partial charge in [0.25, 0.3) is 0 Å². The van der Waals surface area contributed by atoms with Crippen LogP contribution in [0.2, 0.25) is 0 Å². The molecule has 8 bridgehead atoms. The summed E-state index contributed by atoms with van der Waals surface area (Å²) in [5.74, 6) is -2.86. The maximum absolute atomic E-state index is 13.4. The Kier molecular flexibility index (Phi) is 16.3. The second kappa shape index (κ2) is 20.4. The fourth-order valence-corrected chi connectivity index (χ4v) is 9.02. The van der Waals surface area contributed by atoms with E-state index in [2.05, 4.69) is 0 Å². The molecular formula is C43H70O12. The summed E-state index contributed by atoms with van der Waals surface area (Å²) in [4.78, 5) is 53.2. The molecule has 55 heavy (non-hydrogen) atoms. The van der Waals surface area contributed by atoms with Crippen LogP contribution in [0.25, 0.3) is 0 Å². The largest absolute Gasteiger partial charge is 0.462 e. The van der Waals surface area contributed by atoms with E-state index < -0.39 is 23.7 Å². The van der Waals surface area contributed by atoms with Crippen molar-refractivity contribution in [1.29, 1.82) is 0 Å².